The first kappa shape index (κ1) is 23.0. The molecule has 0 radical (unpaired) electrons. The Morgan fingerprint density at radius 2 is 2.04 bits per heavy atom. The molecule has 148 valence electrons. The van der Waals surface area contributed by atoms with Crippen LogP contribution in [0.15, 0.2) is 23.2 Å². The minimum absolute atomic E-state index is 0. The average molecular weight is 483 g/mol. The number of benzene rings is 1. The number of hydrogen-bond acceptors (Lipinski definition) is 3. The summed E-state index contributed by atoms with van der Waals surface area (Å²) in [4.78, 5) is 4.58. The quantitative estimate of drug-likeness (QED) is 0.302. The van der Waals surface area contributed by atoms with E-state index >= 15 is 0 Å². The van der Waals surface area contributed by atoms with Crippen LogP contribution >= 0.6 is 24.0 Å². The highest BCUT2D eigenvalue weighted by atomic mass is 127. The van der Waals surface area contributed by atoms with E-state index in [0.29, 0.717) is 45.2 Å². The molecule has 0 aliphatic carbocycles. The summed E-state index contributed by atoms with van der Waals surface area (Å²) in [6.45, 7) is 4.93. The predicted octanol–water partition coefficient (Wildman–Crippen LogP) is 2.47. The second kappa shape index (κ2) is 11.7. The van der Waals surface area contributed by atoms with Gasteiger partial charge in [-0.15, -0.1) is 24.0 Å². The maximum absolute atomic E-state index is 13.7. The summed E-state index contributed by atoms with van der Waals surface area (Å²) in [5, 5.41) is 15.5. The van der Waals surface area contributed by atoms with Crippen LogP contribution in [0, 0.1) is 17.0 Å². The van der Waals surface area contributed by atoms with E-state index in [1.807, 2.05) is 6.92 Å². The maximum atomic E-state index is 13.7. The lowest BCUT2D eigenvalue weighted by Crippen LogP contribution is -2.39. The summed E-state index contributed by atoms with van der Waals surface area (Å²) >= 11 is 0. The van der Waals surface area contributed by atoms with Crippen molar-refractivity contribution in [3.05, 3.63) is 35.4 Å². The third kappa shape index (κ3) is 6.62. The topological polar surface area (TPSA) is 65.9 Å². The summed E-state index contributed by atoms with van der Waals surface area (Å²) in [7, 11) is 0. The Hall–Kier alpha value is -1.000. The van der Waals surface area contributed by atoms with Crippen LogP contribution in [-0.2, 0) is 11.2 Å². The third-order valence-electron chi connectivity index (χ3n) is 4.47. The second-order valence-corrected chi connectivity index (χ2v) is 6.35. The number of aliphatic hydroxyl groups is 1. The van der Waals surface area contributed by atoms with Crippen molar-refractivity contribution in [2.24, 2.45) is 10.4 Å². The zero-order valence-corrected chi connectivity index (χ0v) is 17.4. The summed E-state index contributed by atoms with van der Waals surface area (Å²) in [5.74, 6) is -0.467. The van der Waals surface area contributed by atoms with Crippen molar-refractivity contribution in [1.82, 2.24) is 10.6 Å². The van der Waals surface area contributed by atoms with Crippen LogP contribution in [0.5, 0.6) is 0 Å². The Morgan fingerprint density at radius 1 is 1.31 bits per heavy atom. The van der Waals surface area contributed by atoms with E-state index in [9.17, 15) is 13.9 Å². The van der Waals surface area contributed by atoms with Gasteiger partial charge in [0.15, 0.2) is 5.96 Å². The van der Waals surface area contributed by atoms with Gasteiger partial charge in [-0.05, 0) is 38.3 Å². The third-order valence-corrected chi connectivity index (χ3v) is 4.47. The average Bonchev–Trinajstić information content (AvgIpc) is 3.04. The van der Waals surface area contributed by atoms with Gasteiger partial charge in [0.1, 0.15) is 11.6 Å². The number of halogens is 3. The first-order valence-electron chi connectivity index (χ1n) is 8.74. The highest BCUT2D eigenvalue weighted by Crippen LogP contribution is 2.32. The van der Waals surface area contributed by atoms with Crippen LogP contribution in [0.1, 0.15) is 25.3 Å². The molecule has 0 amide bonds. The molecular formula is C18H28F2IN3O2. The van der Waals surface area contributed by atoms with Crippen molar-refractivity contribution in [3.63, 3.8) is 0 Å². The lowest BCUT2D eigenvalue weighted by atomic mass is 9.84. The summed E-state index contributed by atoms with van der Waals surface area (Å²) in [6.07, 6.45) is 1.75. The molecule has 1 heterocycles. The van der Waals surface area contributed by atoms with Gasteiger partial charge in [-0.1, -0.05) is 6.07 Å². The minimum Gasteiger partial charge on any atom is -0.396 e. The van der Waals surface area contributed by atoms with Gasteiger partial charge in [0.2, 0.25) is 0 Å². The van der Waals surface area contributed by atoms with E-state index in [-0.39, 0.29) is 48.0 Å². The van der Waals surface area contributed by atoms with Gasteiger partial charge < -0.3 is 20.5 Å². The van der Waals surface area contributed by atoms with Crippen molar-refractivity contribution in [2.75, 3.05) is 39.5 Å². The predicted molar refractivity (Wildman–Crippen MR) is 109 cm³/mol. The number of aliphatic imine (C=N–C) groups is 1. The SMILES string of the molecule is CCNC(=NCC1(CCO)CCOC1)NCCc1c(F)cccc1F.I. The van der Waals surface area contributed by atoms with Crippen molar-refractivity contribution in [2.45, 2.75) is 26.2 Å². The normalized spacial score (nSPS) is 19.9. The molecule has 0 bridgehead atoms. The van der Waals surface area contributed by atoms with E-state index < -0.39 is 11.6 Å². The number of nitrogens with one attached hydrogen (secondary N) is 2. The number of hydrogen-bond donors (Lipinski definition) is 3. The number of rotatable bonds is 8. The van der Waals surface area contributed by atoms with E-state index in [2.05, 4.69) is 15.6 Å². The van der Waals surface area contributed by atoms with Gasteiger partial charge in [-0.3, -0.25) is 4.99 Å². The van der Waals surface area contributed by atoms with Gasteiger partial charge in [0.05, 0.1) is 13.2 Å². The van der Waals surface area contributed by atoms with Crippen LogP contribution in [0.3, 0.4) is 0 Å². The van der Waals surface area contributed by atoms with E-state index in [0.717, 1.165) is 6.42 Å². The monoisotopic (exact) mass is 483 g/mol. The van der Waals surface area contributed by atoms with Gasteiger partial charge in [0.25, 0.3) is 0 Å². The second-order valence-electron chi connectivity index (χ2n) is 6.35. The van der Waals surface area contributed by atoms with Crippen LogP contribution < -0.4 is 10.6 Å². The van der Waals surface area contributed by atoms with Crippen LogP contribution in [0.25, 0.3) is 0 Å². The molecule has 0 spiro atoms. The Balaban J connectivity index is 0.00000338. The fraction of sp³-hybridized carbons (Fsp3) is 0.611. The minimum atomic E-state index is -0.534. The molecule has 3 N–H and O–H groups in total. The Kier molecular flexibility index (Phi) is 10.3. The van der Waals surface area contributed by atoms with Crippen molar-refractivity contribution in [3.8, 4) is 0 Å². The highest BCUT2D eigenvalue weighted by molar-refractivity contribution is 14.0. The molecule has 1 saturated heterocycles. The van der Waals surface area contributed by atoms with Crippen molar-refractivity contribution < 1.29 is 18.6 Å². The molecule has 1 fully saturated rings. The molecule has 8 heteroatoms. The van der Waals surface area contributed by atoms with E-state index in [1.165, 1.54) is 18.2 Å². The van der Waals surface area contributed by atoms with Gasteiger partial charge in [-0.25, -0.2) is 8.78 Å². The first-order chi connectivity index (χ1) is 12.1. The Bertz CT molecular complexity index is 561. The Labute approximate surface area is 170 Å². The van der Waals surface area contributed by atoms with Crippen LogP contribution in [0.4, 0.5) is 8.78 Å². The lowest BCUT2D eigenvalue weighted by Gasteiger charge is -2.24. The number of nitrogens with zero attached hydrogens (tertiary/aromatic N) is 1. The molecule has 26 heavy (non-hydrogen) atoms. The molecule has 2 rings (SSSR count). The molecule has 1 aliphatic heterocycles. The zero-order chi connectivity index (χ0) is 18.1. The summed E-state index contributed by atoms with van der Waals surface area (Å²) < 4.78 is 32.8. The maximum Gasteiger partial charge on any atom is 0.191 e. The first-order valence-corrected chi connectivity index (χ1v) is 8.74. The highest BCUT2D eigenvalue weighted by Gasteiger charge is 2.34. The molecule has 1 atom stereocenters. The number of guanidine groups is 1. The van der Waals surface area contributed by atoms with Gasteiger partial charge in [-0.2, -0.15) is 0 Å². The molecule has 1 aromatic carbocycles. The molecule has 0 saturated carbocycles. The molecule has 0 aromatic heterocycles. The molecule has 1 aromatic rings. The molecular weight excluding hydrogens is 455 g/mol. The fourth-order valence-corrected chi connectivity index (χ4v) is 2.95. The molecule has 5 nitrogen and oxygen atoms in total. The fourth-order valence-electron chi connectivity index (χ4n) is 2.95. The van der Waals surface area contributed by atoms with E-state index in [4.69, 9.17) is 4.74 Å². The largest absolute Gasteiger partial charge is 0.396 e. The van der Waals surface area contributed by atoms with Crippen molar-refractivity contribution >= 4 is 29.9 Å². The lowest BCUT2D eigenvalue weighted by molar-refractivity contribution is 0.131. The number of aliphatic hydroxyl groups excluding tert-OH is 1. The summed E-state index contributed by atoms with van der Waals surface area (Å²) in [5.41, 5.74) is -0.0545. The number of ether oxygens (including phenoxy) is 1. The smallest absolute Gasteiger partial charge is 0.191 e. The standard InChI is InChI=1S/C18H27F2N3O2.HI/c1-2-21-17(23-12-18(7-10-24)8-11-25-13-18)22-9-6-14-15(19)4-3-5-16(14)20;/h3-5,24H,2,6-13H2,1H3,(H2,21,22,23);1H. The van der Waals surface area contributed by atoms with Crippen molar-refractivity contribution in [1.29, 1.82) is 0 Å². The van der Waals surface area contributed by atoms with E-state index in [1.54, 1.807) is 0 Å². The Morgan fingerprint density at radius 3 is 2.62 bits per heavy atom. The van der Waals surface area contributed by atoms with Crippen LogP contribution in [-0.4, -0.2) is 50.5 Å². The molecule has 1 unspecified atom stereocenters. The zero-order valence-electron chi connectivity index (χ0n) is 15.1. The summed E-state index contributed by atoms with van der Waals surface area (Å²) in [6, 6.07) is 3.88. The van der Waals surface area contributed by atoms with Gasteiger partial charge >= 0.3 is 0 Å². The van der Waals surface area contributed by atoms with Gasteiger partial charge in [0, 0.05) is 37.3 Å². The van der Waals surface area contributed by atoms with Crippen LogP contribution in [0.2, 0.25) is 0 Å². The molecule has 1 aliphatic rings.